The summed E-state index contributed by atoms with van der Waals surface area (Å²) in [5, 5.41) is 29.5. The number of benzene rings is 1. The summed E-state index contributed by atoms with van der Waals surface area (Å²) in [7, 11) is 3.30. The van der Waals surface area contributed by atoms with E-state index in [4.69, 9.17) is 10.1 Å². The number of carbonyl (C=O) groups is 2. The molecular weight excluding hydrogens is 527 g/mol. The van der Waals surface area contributed by atoms with E-state index in [0.29, 0.717) is 18.5 Å². The number of nitrogens with zero attached hydrogens (tertiary/aromatic N) is 4. The molecule has 1 aliphatic rings. The minimum absolute atomic E-state index is 0.0453. The smallest absolute Gasteiger partial charge is 0.305 e. The van der Waals surface area contributed by atoms with Gasteiger partial charge in [0, 0.05) is 37.8 Å². The lowest BCUT2D eigenvalue weighted by Crippen LogP contribution is -2.24. The zero-order valence-corrected chi connectivity index (χ0v) is 23.6. The number of carboxylic acid groups (broad SMARTS) is 1. The summed E-state index contributed by atoms with van der Waals surface area (Å²) >= 11 is 0. The van der Waals surface area contributed by atoms with Gasteiger partial charge >= 0.3 is 5.97 Å². The lowest BCUT2D eigenvalue weighted by Gasteiger charge is -2.22. The number of aromatic nitrogens is 3. The van der Waals surface area contributed by atoms with Crippen LogP contribution in [0.25, 0.3) is 28.5 Å². The van der Waals surface area contributed by atoms with Gasteiger partial charge in [-0.3, -0.25) is 14.6 Å². The Morgan fingerprint density at radius 3 is 2.44 bits per heavy atom. The third-order valence-corrected chi connectivity index (χ3v) is 7.01. The molecule has 0 saturated heterocycles. The Balaban J connectivity index is 1.91. The zero-order chi connectivity index (χ0) is 29.8. The molecule has 1 aromatic carbocycles. The first-order chi connectivity index (χ1) is 19.5. The monoisotopic (exact) mass is 562 g/mol. The maximum absolute atomic E-state index is 14.0. The van der Waals surface area contributed by atoms with Crippen LogP contribution in [0.5, 0.6) is 0 Å². The van der Waals surface area contributed by atoms with Gasteiger partial charge in [0.05, 0.1) is 35.7 Å². The van der Waals surface area contributed by atoms with Crippen molar-refractivity contribution in [2.24, 2.45) is 0 Å². The minimum atomic E-state index is -1.20. The standard InChI is InChI=1S/C31H35FN4O5/c1-17(2)28-23(13-12-20(37)14-21(38)15-26(39)40)27(18-8-10-19(32)11-9-18)22-6-5-7-25-24(29(22)35-28)16-33-30(34-25)31(41)36(3)4/h8-13,16-17,20-21,37-38H,5-7,14-15H2,1-4H3,(H,39,40)/b13-12+/t20-,21-/m1/s1. The molecule has 2 aromatic heterocycles. The molecule has 9 nitrogen and oxygen atoms in total. The predicted molar refractivity (Wildman–Crippen MR) is 153 cm³/mol. The summed E-state index contributed by atoms with van der Waals surface area (Å²) in [6.45, 7) is 4.00. The average molecular weight is 563 g/mol. The normalized spacial score (nSPS) is 14.3. The molecule has 0 radical (unpaired) electrons. The highest BCUT2D eigenvalue weighted by Crippen LogP contribution is 2.41. The first kappa shape index (κ1) is 30.0. The number of hydrogen-bond acceptors (Lipinski definition) is 7. The molecule has 0 aliphatic heterocycles. The van der Waals surface area contributed by atoms with Crippen molar-refractivity contribution in [3.05, 3.63) is 70.7 Å². The number of rotatable bonds is 9. The Morgan fingerprint density at radius 2 is 1.80 bits per heavy atom. The van der Waals surface area contributed by atoms with Crippen molar-refractivity contribution in [2.45, 2.75) is 64.1 Å². The van der Waals surface area contributed by atoms with Gasteiger partial charge in [-0.1, -0.05) is 38.1 Å². The van der Waals surface area contributed by atoms with E-state index in [0.717, 1.165) is 45.6 Å². The van der Waals surface area contributed by atoms with Crippen LogP contribution in [0.15, 0.2) is 36.5 Å². The Bertz CT molecular complexity index is 1470. The molecule has 41 heavy (non-hydrogen) atoms. The number of carbonyl (C=O) groups excluding carboxylic acids is 1. The van der Waals surface area contributed by atoms with Crippen molar-refractivity contribution in [3.63, 3.8) is 0 Å². The number of pyridine rings is 1. The predicted octanol–water partition coefficient (Wildman–Crippen LogP) is 4.26. The molecule has 0 spiro atoms. The van der Waals surface area contributed by atoms with Gasteiger partial charge in [-0.25, -0.2) is 14.4 Å². The summed E-state index contributed by atoms with van der Waals surface area (Å²) in [4.78, 5) is 39.0. The van der Waals surface area contributed by atoms with E-state index in [1.54, 1.807) is 38.5 Å². The lowest BCUT2D eigenvalue weighted by atomic mass is 9.87. The molecule has 0 bridgehead atoms. The van der Waals surface area contributed by atoms with Gasteiger partial charge in [0.2, 0.25) is 5.82 Å². The molecule has 2 atom stereocenters. The topological polar surface area (TPSA) is 137 Å². The van der Waals surface area contributed by atoms with Gasteiger partial charge < -0.3 is 20.2 Å². The van der Waals surface area contributed by atoms with Crippen LogP contribution in [0.4, 0.5) is 4.39 Å². The average Bonchev–Trinajstić information content (AvgIpc) is 3.09. The number of aliphatic hydroxyl groups is 2. The number of halogens is 1. The van der Waals surface area contributed by atoms with Crippen molar-refractivity contribution in [1.82, 2.24) is 19.9 Å². The second kappa shape index (κ2) is 12.7. The lowest BCUT2D eigenvalue weighted by molar-refractivity contribution is -0.139. The third-order valence-electron chi connectivity index (χ3n) is 7.01. The van der Waals surface area contributed by atoms with E-state index in [2.05, 4.69) is 9.97 Å². The maximum atomic E-state index is 14.0. The number of aliphatic carboxylic acids is 1. The van der Waals surface area contributed by atoms with Crippen LogP contribution in [0.3, 0.4) is 0 Å². The van der Waals surface area contributed by atoms with Crippen LogP contribution in [-0.4, -0.2) is 73.4 Å². The van der Waals surface area contributed by atoms with Gasteiger partial charge in [0.1, 0.15) is 5.82 Å². The van der Waals surface area contributed by atoms with Gasteiger partial charge in [-0.2, -0.15) is 0 Å². The van der Waals surface area contributed by atoms with E-state index < -0.39 is 24.6 Å². The van der Waals surface area contributed by atoms with Crippen molar-refractivity contribution in [1.29, 1.82) is 0 Å². The van der Waals surface area contributed by atoms with Crippen molar-refractivity contribution >= 4 is 18.0 Å². The fourth-order valence-corrected chi connectivity index (χ4v) is 5.07. The van der Waals surface area contributed by atoms with E-state index in [1.807, 2.05) is 13.8 Å². The number of aliphatic hydroxyl groups excluding tert-OH is 2. The van der Waals surface area contributed by atoms with Crippen molar-refractivity contribution < 1.29 is 29.3 Å². The van der Waals surface area contributed by atoms with Crippen LogP contribution < -0.4 is 0 Å². The van der Waals surface area contributed by atoms with Crippen molar-refractivity contribution in [3.8, 4) is 22.4 Å². The zero-order valence-electron chi connectivity index (χ0n) is 23.6. The molecule has 0 saturated carbocycles. The molecule has 3 aromatic rings. The second-order valence-corrected chi connectivity index (χ2v) is 10.8. The Kier molecular flexibility index (Phi) is 9.25. The minimum Gasteiger partial charge on any atom is -0.481 e. The van der Waals surface area contributed by atoms with Crippen LogP contribution in [0.1, 0.15) is 72.2 Å². The Hall–Kier alpha value is -4.02. The van der Waals surface area contributed by atoms with Crippen LogP contribution in [0, 0.1) is 5.82 Å². The number of carboxylic acids is 1. The quantitative estimate of drug-likeness (QED) is 0.352. The van der Waals surface area contributed by atoms with E-state index in [9.17, 15) is 24.2 Å². The molecule has 0 unspecified atom stereocenters. The highest BCUT2D eigenvalue weighted by atomic mass is 19.1. The molecule has 216 valence electrons. The summed E-state index contributed by atoms with van der Waals surface area (Å²) in [5.74, 6) is -1.72. The maximum Gasteiger partial charge on any atom is 0.305 e. The van der Waals surface area contributed by atoms with E-state index in [1.165, 1.54) is 23.1 Å². The first-order valence-electron chi connectivity index (χ1n) is 13.6. The third kappa shape index (κ3) is 6.83. The Morgan fingerprint density at radius 1 is 1.10 bits per heavy atom. The molecular formula is C31H35FN4O5. The summed E-state index contributed by atoms with van der Waals surface area (Å²) < 4.78 is 14.0. The van der Waals surface area contributed by atoms with Gasteiger partial charge in [0.15, 0.2) is 0 Å². The highest BCUT2D eigenvalue weighted by molar-refractivity contribution is 5.91. The summed E-state index contributed by atoms with van der Waals surface area (Å²) in [6.07, 6.45) is 4.03. The van der Waals surface area contributed by atoms with Crippen LogP contribution in [-0.2, 0) is 17.6 Å². The summed E-state index contributed by atoms with van der Waals surface area (Å²) in [6, 6.07) is 6.21. The number of hydrogen-bond donors (Lipinski definition) is 3. The van der Waals surface area contributed by atoms with Crippen LogP contribution >= 0.6 is 0 Å². The molecule has 10 heteroatoms. The number of aryl methyl sites for hydroxylation is 1. The second-order valence-electron chi connectivity index (χ2n) is 10.8. The number of fused-ring (bicyclic) bond motifs is 3. The molecule has 0 fully saturated rings. The molecule has 1 amide bonds. The fourth-order valence-electron chi connectivity index (χ4n) is 5.07. The highest BCUT2D eigenvalue weighted by Gasteiger charge is 2.27. The van der Waals surface area contributed by atoms with E-state index in [-0.39, 0.29) is 29.9 Å². The molecule has 4 rings (SSSR count). The Labute approximate surface area is 238 Å². The molecule has 1 aliphatic carbocycles. The van der Waals surface area contributed by atoms with Crippen molar-refractivity contribution in [2.75, 3.05) is 14.1 Å². The molecule has 3 N–H and O–H groups in total. The van der Waals surface area contributed by atoms with Gasteiger partial charge in [-0.15, -0.1) is 0 Å². The fraction of sp³-hybridized carbons (Fsp3) is 0.387. The summed E-state index contributed by atoms with van der Waals surface area (Å²) in [5.41, 5.74) is 6.21. The SMILES string of the molecule is CC(C)c1nc2c(c(-c3ccc(F)cc3)c1/C=C/[C@@H](O)C[C@@H](O)CC(=O)O)CCCc1nc(C(=O)N(C)C)ncc1-2. The molecule has 2 heterocycles. The van der Waals surface area contributed by atoms with Gasteiger partial charge in [0.25, 0.3) is 5.91 Å². The largest absolute Gasteiger partial charge is 0.481 e. The van der Waals surface area contributed by atoms with Gasteiger partial charge in [-0.05, 0) is 54.0 Å². The van der Waals surface area contributed by atoms with E-state index >= 15 is 0 Å². The first-order valence-corrected chi connectivity index (χ1v) is 13.6. The van der Waals surface area contributed by atoms with Crippen LogP contribution in [0.2, 0.25) is 0 Å². The number of amides is 1.